The molecule has 19 heavy (non-hydrogen) atoms. The van der Waals surface area contributed by atoms with E-state index in [9.17, 15) is 18.0 Å². The highest BCUT2D eigenvalue weighted by atomic mass is 19.3. The fraction of sp³-hybridized carbons (Fsp3) is 0.462. The van der Waals surface area contributed by atoms with Crippen LogP contribution < -0.4 is 0 Å². The molecule has 0 spiro atoms. The third-order valence-corrected chi connectivity index (χ3v) is 3.21. The van der Waals surface area contributed by atoms with Crippen LogP contribution in [0.3, 0.4) is 0 Å². The Balaban J connectivity index is 2.02. The molecule has 0 aromatic heterocycles. The number of amides is 1. The summed E-state index contributed by atoms with van der Waals surface area (Å²) in [6, 6.07) is 5.36. The lowest BCUT2D eigenvalue weighted by Gasteiger charge is -2.40. The van der Waals surface area contributed by atoms with Crippen molar-refractivity contribution in [3.05, 3.63) is 35.6 Å². The number of carbonyl (C=O) groups excluding carboxylic acids is 1. The van der Waals surface area contributed by atoms with Crippen molar-refractivity contribution in [3.8, 4) is 0 Å². The van der Waals surface area contributed by atoms with Crippen molar-refractivity contribution in [1.82, 2.24) is 4.90 Å². The van der Waals surface area contributed by atoms with Gasteiger partial charge in [0.15, 0.2) is 6.10 Å². The van der Waals surface area contributed by atoms with Gasteiger partial charge in [0.25, 0.3) is 5.91 Å². The van der Waals surface area contributed by atoms with Gasteiger partial charge in [0.2, 0.25) is 6.43 Å². The SMILES string of the molecule is COC(C(=O)N1CC(C(F)F)C1)c1ccc(F)cc1. The summed E-state index contributed by atoms with van der Waals surface area (Å²) in [7, 11) is 1.36. The molecule has 1 heterocycles. The third-order valence-electron chi connectivity index (χ3n) is 3.21. The zero-order valence-corrected chi connectivity index (χ0v) is 10.4. The van der Waals surface area contributed by atoms with Crippen molar-refractivity contribution in [1.29, 1.82) is 0 Å². The number of benzene rings is 1. The zero-order valence-electron chi connectivity index (χ0n) is 10.4. The van der Waals surface area contributed by atoms with E-state index in [0.717, 1.165) is 0 Å². The first-order valence-electron chi connectivity index (χ1n) is 5.88. The van der Waals surface area contributed by atoms with Gasteiger partial charge in [-0.05, 0) is 17.7 Å². The Morgan fingerprint density at radius 2 is 1.89 bits per heavy atom. The van der Waals surface area contributed by atoms with Crippen molar-refractivity contribution >= 4 is 5.91 Å². The second-order valence-corrected chi connectivity index (χ2v) is 4.51. The van der Waals surface area contributed by atoms with Crippen LogP contribution in [0.2, 0.25) is 0 Å². The number of carbonyl (C=O) groups is 1. The predicted molar refractivity (Wildman–Crippen MR) is 62.2 cm³/mol. The van der Waals surface area contributed by atoms with Gasteiger partial charge in [-0.3, -0.25) is 4.79 Å². The van der Waals surface area contributed by atoms with Crippen molar-refractivity contribution < 1.29 is 22.7 Å². The molecule has 3 nitrogen and oxygen atoms in total. The molecule has 1 amide bonds. The first-order chi connectivity index (χ1) is 9.02. The molecule has 0 N–H and O–H groups in total. The molecule has 104 valence electrons. The monoisotopic (exact) mass is 273 g/mol. The third kappa shape index (κ3) is 2.89. The van der Waals surface area contributed by atoms with Gasteiger partial charge >= 0.3 is 0 Å². The van der Waals surface area contributed by atoms with Crippen LogP contribution in [0.15, 0.2) is 24.3 Å². The summed E-state index contributed by atoms with van der Waals surface area (Å²) in [4.78, 5) is 13.4. The topological polar surface area (TPSA) is 29.5 Å². The predicted octanol–water partition coefficient (Wildman–Crippen LogP) is 2.24. The van der Waals surface area contributed by atoms with E-state index in [2.05, 4.69) is 0 Å². The lowest BCUT2D eigenvalue weighted by Crippen LogP contribution is -2.54. The Bertz CT molecular complexity index is 444. The molecule has 6 heteroatoms. The van der Waals surface area contributed by atoms with Crippen molar-refractivity contribution in [2.75, 3.05) is 20.2 Å². The summed E-state index contributed by atoms with van der Waals surface area (Å²) in [6.07, 6.45) is -3.28. The first-order valence-corrected chi connectivity index (χ1v) is 5.88. The highest BCUT2D eigenvalue weighted by molar-refractivity contribution is 5.83. The normalized spacial score (nSPS) is 17.4. The van der Waals surface area contributed by atoms with E-state index in [1.165, 1.54) is 36.3 Å². The molecule has 1 aliphatic rings. The summed E-state index contributed by atoms with van der Waals surface area (Å²) >= 11 is 0. The highest BCUT2D eigenvalue weighted by Gasteiger charge is 2.39. The summed E-state index contributed by atoms with van der Waals surface area (Å²) in [5.41, 5.74) is 0.509. The number of nitrogens with zero attached hydrogens (tertiary/aromatic N) is 1. The first kappa shape index (κ1) is 13.9. The fourth-order valence-corrected chi connectivity index (χ4v) is 2.03. The number of halogens is 3. The van der Waals surface area contributed by atoms with Gasteiger partial charge in [-0.15, -0.1) is 0 Å². The summed E-state index contributed by atoms with van der Waals surface area (Å²) < 4.78 is 42.6. The van der Waals surface area contributed by atoms with Gasteiger partial charge in [0, 0.05) is 20.2 Å². The van der Waals surface area contributed by atoms with Crippen molar-refractivity contribution in [3.63, 3.8) is 0 Å². The smallest absolute Gasteiger partial charge is 0.256 e. The van der Waals surface area contributed by atoms with E-state index in [-0.39, 0.29) is 19.0 Å². The largest absolute Gasteiger partial charge is 0.367 e. The number of rotatable bonds is 4. The number of hydrogen-bond acceptors (Lipinski definition) is 2. The Morgan fingerprint density at radius 3 is 2.37 bits per heavy atom. The van der Waals surface area contributed by atoms with Gasteiger partial charge in [-0.2, -0.15) is 0 Å². The molecular formula is C13H14F3NO2. The van der Waals surface area contributed by atoms with E-state index in [0.29, 0.717) is 5.56 Å². The highest BCUT2D eigenvalue weighted by Crippen LogP contribution is 2.27. The molecule has 1 aliphatic heterocycles. The fourth-order valence-electron chi connectivity index (χ4n) is 2.03. The summed E-state index contributed by atoms with van der Waals surface area (Å²) in [5, 5.41) is 0. The molecule has 1 atom stereocenters. The molecule has 0 bridgehead atoms. The minimum absolute atomic E-state index is 0.0392. The van der Waals surface area contributed by atoms with Crippen LogP contribution >= 0.6 is 0 Å². The second-order valence-electron chi connectivity index (χ2n) is 4.51. The maximum absolute atomic E-state index is 12.8. The number of ether oxygens (including phenoxy) is 1. The molecule has 0 radical (unpaired) electrons. The van der Waals surface area contributed by atoms with E-state index in [1.54, 1.807) is 0 Å². The lowest BCUT2D eigenvalue weighted by molar-refractivity contribution is -0.153. The standard InChI is InChI=1S/C13H14F3NO2/c1-19-11(8-2-4-10(14)5-3-8)13(18)17-6-9(7-17)12(15)16/h2-5,9,11-12H,6-7H2,1H3. The minimum atomic E-state index is -2.41. The average molecular weight is 273 g/mol. The van der Waals surface area contributed by atoms with Crippen LogP contribution in [0.25, 0.3) is 0 Å². The number of methoxy groups -OCH3 is 1. The maximum atomic E-state index is 12.8. The Labute approximate surface area is 109 Å². The second kappa shape index (κ2) is 5.61. The van der Waals surface area contributed by atoms with Crippen LogP contribution in [0.1, 0.15) is 11.7 Å². The van der Waals surface area contributed by atoms with E-state index >= 15 is 0 Å². The quantitative estimate of drug-likeness (QED) is 0.842. The van der Waals surface area contributed by atoms with Crippen molar-refractivity contribution in [2.45, 2.75) is 12.5 Å². The van der Waals surface area contributed by atoms with E-state index in [1.807, 2.05) is 0 Å². The van der Waals surface area contributed by atoms with Crippen LogP contribution in [0.4, 0.5) is 13.2 Å². The summed E-state index contributed by atoms with van der Waals surface area (Å²) in [5.74, 6) is -1.53. The van der Waals surface area contributed by atoms with Gasteiger partial charge < -0.3 is 9.64 Å². The van der Waals surface area contributed by atoms with Crippen molar-refractivity contribution in [2.24, 2.45) is 5.92 Å². The Kier molecular flexibility index (Phi) is 4.09. The van der Waals surface area contributed by atoms with Crippen LogP contribution in [0, 0.1) is 11.7 Å². The number of hydrogen-bond donors (Lipinski definition) is 0. The Hall–Kier alpha value is -1.56. The van der Waals surface area contributed by atoms with Crippen LogP contribution in [0.5, 0.6) is 0 Å². The zero-order chi connectivity index (χ0) is 14.0. The molecular weight excluding hydrogens is 259 g/mol. The molecule has 1 aromatic carbocycles. The maximum Gasteiger partial charge on any atom is 0.256 e. The molecule has 1 aromatic rings. The minimum Gasteiger partial charge on any atom is -0.367 e. The number of likely N-dealkylation sites (tertiary alicyclic amines) is 1. The molecule has 0 saturated carbocycles. The van der Waals surface area contributed by atoms with Gasteiger partial charge in [0.1, 0.15) is 5.82 Å². The van der Waals surface area contributed by atoms with Gasteiger partial charge in [-0.1, -0.05) is 12.1 Å². The molecule has 2 rings (SSSR count). The van der Waals surface area contributed by atoms with Gasteiger partial charge in [-0.25, -0.2) is 13.2 Å². The van der Waals surface area contributed by atoms with E-state index < -0.39 is 24.3 Å². The Morgan fingerprint density at radius 1 is 1.32 bits per heavy atom. The average Bonchev–Trinajstić information content (AvgIpc) is 2.30. The molecule has 1 saturated heterocycles. The van der Waals surface area contributed by atoms with Gasteiger partial charge in [0.05, 0.1) is 5.92 Å². The molecule has 1 unspecified atom stereocenters. The summed E-state index contributed by atoms with van der Waals surface area (Å²) in [6.45, 7) is 0.0785. The number of alkyl halides is 2. The molecule has 1 fully saturated rings. The van der Waals surface area contributed by atoms with E-state index in [4.69, 9.17) is 4.74 Å². The lowest BCUT2D eigenvalue weighted by atomic mass is 9.98. The molecule has 0 aliphatic carbocycles. The van der Waals surface area contributed by atoms with Crippen LogP contribution in [-0.2, 0) is 9.53 Å². The van der Waals surface area contributed by atoms with Crippen LogP contribution in [-0.4, -0.2) is 37.4 Å².